The van der Waals surface area contributed by atoms with Crippen LogP contribution in [0.4, 0.5) is 0 Å². The minimum atomic E-state index is -0.254. The molecular weight excluding hydrogens is 154 g/mol. The van der Waals surface area contributed by atoms with Crippen LogP contribution in [0.1, 0.15) is 13.8 Å². The van der Waals surface area contributed by atoms with E-state index in [2.05, 4.69) is 16.9 Å². The second-order valence-corrected chi connectivity index (χ2v) is 2.43. The zero-order valence-electron chi connectivity index (χ0n) is 7.16. The molecule has 0 radical (unpaired) electrons. The molecule has 0 heterocycles. The van der Waals surface area contributed by atoms with Crippen LogP contribution in [0.5, 0.6) is 0 Å². The van der Waals surface area contributed by atoms with Gasteiger partial charge in [-0.25, -0.2) is 0 Å². The largest absolute Gasteiger partial charge is 0.316 e. The molecule has 64 valence electrons. The number of hydrogen-bond acceptors (Lipinski definition) is 3. The Bertz CT molecular complexity index is 250. The Morgan fingerprint density at radius 3 is 2.83 bits per heavy atom. The van der Waals surface area contributed by atoms with Gasteiger partial charge in [-0.15, -0.1) is 0 Å². The van der Waals surface area contributed by atoms with Gasteiger partial charge >= 0.3 is 0 Å². The second kappa shape index (κ2) is 5.08. The fourth-order valence-electron chi connectivity index (χ4n) is 0.474. The van der Waals surface area contributed by atoms with Crippen LogP contribution in [-0.4, -0.2) is 12.2 Å². The smallest absolute Gasteiger partial charge is 0.231 e. The molecule has 0 bridgehead atoms. The molecule has 0 spiro atoms. The van der Waals surface area contributed by atoms with Crippen LogP contribution in [0.2, 0.25) is 0 Å². The van der Waals surface area contributed by atoms with Crippen molar-refractivity contribution in [2.45, 2.75) is 13.8 Å². The predicted octanol–water partition coefficient (Wildman–Crippen LogP) is 0.824. The van der Waals surface area contributed by atoms with E-state index in [0.717, 1.165) is 11.9 Å². The summed E-state index contributed by atoms with van der Waals surface area (Å²) in [5.74, 6) is -0.461. The Hall–Kier alpha value is -1.63. The van der Waals surface area contributed by atoms with Crippen LogP contribution in [0.25, 0.3) is 0 Å². The van der Waals surface area contributed by atoms with E-state index < -0.39 is 0 Å². The van der Waals surface area contributed by atoms with Gasteiger partial charge in [0.1, 0.15) is 6.34 Å². The number of hydrogen-bond donors (Lipinski definition) is 1. The fraction of sp³-hybridized carbons (Fsp3) is 0.375. The average Bonchev–Trinajstić information content (AvgIpc) is 2.03. The summed E-state index contributed by atoms with van der Waals surface area (Å²) in [7, 11) is 0. The first kappa shape index (κ1) is 10.4. The standard InChI is InChI=1S/C8H11N3O/c1-6(2)7(3)8(12)11-5-10-4-9/h5,7H,1H2,2-3H3,(H,10,11,12). The van der Waals surface area contributed by atoms with Crippen LogP contribution in [0.15, 0.2) is 17.1 Å². The summed E-state index contributed by atoms with van der Waals surface area (Å²) >= 11 is 0. The highest BCUT2D eigenvalue weighted by molar-refractivity contribution is 5.90. The predicted molar refractivity (Wildman–Crippen MR) is 46.2 cm³/mol. The summed E-state index contributed by atoms with van der Waals surface area (Å²) < 4.78 is 0. The summed E-state index contributed by atoms with van der Waals surface area (Å²) in [5.41, 5.74) is 0.776. The summed E-state index contributed by atoms with van der Waals surface area (Å²) in [5, 5.41) is 10.4. The molecular formula is C8H11N3O. The molecule has 0 rings (SSSR count). The van der Waals surface area contributed by atoms with Gasteiger partial charge in [0.2, 0.25) is 12.1 Å². The van der Waals surface area contributed by atoms with Gasteiger partial charge in [-0.2, -0.15) is 10.3 Å². The SMILES string of the molecule is C=C(C)C(C)C(=O)NC=NC#N. The van der Waals surface area contributed by atoms with E-state index in [0.29, 0.717) is 0 Å². The van der Waals surface area contributed by atoms with Crippen molar-refractivity contribution < 1.29 is 4.79 Å². The molecule has 0 aromatic rings. The van der Waals surface area contributed by atoms with Gasteiger partial charge in [-0.05, 0) is 13.8 Å². The maximum atomic E-state index is 11.1. The lowest BCUT2D eigenvalue weighted by Crippen LogP contribution is -2.28. The van der Waals surface area contributed by atoms with E-state index in [-0.39, 0.29) is 11.8 Å². The van der Waals surface area contributed by atoms with E-state index in [1.807, 2.05) is 0 Å². The van der Waals surface area contributed by atoms with Gasteiger partial charge < -0.3 is 5.32 Å². The van der Waals surface area contributed by atoms with Gasteiger partial charge in [0.05, 0.1) is 5.92 Å². The Morgan fingerprint density at radius 2 is 2.42 bits per heavy atom. The Kier molecular flexibility index (Phi) is 4.39. The van der Waals surface area contributed by atoms with Crippen molar-refractivity contribution in [1.82, 2.24) is 5.32 Å². The molecule has 1 amide bonds. The number of carbonyl (C=O) groups excluding carboxylic acids is 1. The number of carbonyl (C=O) groups is 1. The van der Waals surface area contributed by atoms with Crippen LogP contribution in [0.3, 0.4) is 0 Å². The quantitative estimate of drug-likeness (QED) is 0.291. The lowest BCUT2D eigenvalue weighted by atomic mass is 10.0. The van der Waals surface area contributed by atoms with Crippen molar-refractivity contribution in [2.24, 2.45) is 10.9 Å². The molecule has 0 fully saturated rings. The van der Waals surface area contributed by atoms with E-state index in [4.69, 9.17) is 5.26 Å². The Balaban J connectivity index is 3.98. The van der Waals surface area contributed by atoms with Gasteiger partial charge in [0.15, 0.2) is 0 Å². The van der Waals surface area contributed by atoms with Crippen molar-refractivity contribution in [3.8, 4) is 6.19 Å². The zero-order chi connectivity index (χ0) is 9.56. The van der Waals surface area contributed by atoms with Crippen molar-refractivity contribution in [3.63, 3.8) is 0 Å². The average molecular weight is 165 g/mol. The summed E-state index contributed by atoms with van der Waals surface area (Å²) in [4.78, 5) is 14.3. The van der Waals surface area contributed by atoms with E-state index in [1.54, 1.807) is 13.8 Å². The number of amides is 1. The zero-order valence-corrected chi connectivity index (χ0v) is 7.16. The third-order valence-electron chi connectivity index (χ3n) is 1.46. The highest BCUT2D eigenvalue weighted by atomic mass is 16.1. The monoisotopic (exact) mass is 165 g/mol. The summed E-state index contributed by atoms with van der Waals surface area (Å²) in [6.45, 7) is 7.14. The van der Waals surface area contributed by atoms with E-state index in [1.165, 1.54) is 6.19 Å². The van der Waals surface area contributed by atoms with Crippen LogP contribution < -0.4 is 5.32 Å². The van der Waals surface area contributed by atoms with Crippen LogP contribution in [0, 0.1) is 17.4 Å². The third-order valence-corrected chi connectivity index (χ3v) is 1.46. The van der Waals surface area contributed by atoms with Gasteiger partial charge in [0, 0.05) is 0 Å². The van der Waals surface area contributed by atoms with Crippen LogP contribution >= 0.6 is 0 Å². The van der Waals surface area contributed by atoms with Gasteiger partial charge in [-0.1, -0.05) is 12.2 Å². The maximum Gasteiger partial charge on any atom is 0.231 e. The lowest BCUT2D eigenvalue weighted by Gasteiger charge is -2.07. The molecule has 0 aromatic carbocycles. The Labute approximate surface area is 71.6 Å². The molecule has 4 nitrogen and oxygen atoms in total. The van der Waals surface area contributed by atoms with Gasteiger partial charge in [-0.3, -0.25) is 4.79 Å². The molecule has 1 N–H and O–H groups in total. The second-order valence-electron chi connectivity index (χ2n) is 2.43. The molecule has 0 aromatic heterocycles. The Morgan fingerprint density at radius 1 is 1.83 bits per heavy atom. The molecule has 0 aliphatic carbocycles. The lowest BCUT2D eigenvalue weighted by molar-refractivity contribution is -0.121. The first-order chi connectivity index (χ1) is 5.59. The first-order valence-electron chi connectivity index (χ1n) is 3.46. The van der Waals surface area contributed by atoms with Crippen LogP contribution in [-0.2, 0) is 4.79 Å². The molecule has 1 unspecified atom stereocenters. The molecule has 0 saturated heterocycles. The molecule has 0 aliphatic rings. The van der Waals surface area contributed by atoms with Crippen molar-refractivity contribution in [1.29, 1.82) is 5.26 Å². The minimum absolute atomic E-state index is 0.207. The molecule has 0 saturated carbocycles. The van der Waals surface area contributed by atoms with E-state index >= 15 is 0 Å². The van der Waals surface area contributed by atoms with E-state index in [9.17, 15) is 4.79 Å². The number of nitrogens with zero attached hydrogens (tertiary/aromatic N) is 2. The number of aliphatic imine (C=N–C) groups is 1. The molecule has 4 heteroatoms. The number of nitriles is 1. The number of nitrogens with one attached hydrogen (secondary N) is 1. The third kappa shape index (κ3) is 3.52. The highest BCUT2D eigenvalue weighted by Crippen LogP contribution is 2.05. The summed E-state index contributed by atoms with van der Waals surface area (Å²) in [6, 6.07) is 0. The maximum absolute atomic E-state index is 11.1. The van der Waals surface area contributed by atoms with Crippen molar-refractivity contribution >= 4 is 12.2 Å². The molecule has 12 heavy (non-hydrogen) atoms. The fourth-order valence-corrected chi connectivity index (χ4v) is 0.474. The van der Waals surface area contributed by atoms with Crippen molar-refractivity contribution in [3.05, 3.63) is 12.2 Å². The topological polar surface area (TPSA) is 65.2 Å². The molecule has 1 atom stereocenters. The van der Waals surface area contributed by atoms with Crippen molar-refractivity contribution in [2.75, 3.05) is 0 Å². The number of rotatable bonds is 3. The minimum Gasteiger partial charge on any atom is -0.316 e. The first-order valence-corrected chi connectivity index (χ1v) is 3.46. The highest BCUT2D eigenvalue weighted by Gasteiger charge is 2.10. The normalized spacial score (nSPS) is 12.1. The summed E-state index contributed by atoms with van der Waals surface area (Å²) in [6.07, 6.45) is 2.59. The molecule has 0 aliphatic heterocycles. The van der Waals surface area contributed by atoms with Gasteiger partial charge in [0.25, 0.3) is 0 Å².